The molecule has 132 valence electrons. The molecule has 0 spiro atoms. The lowest BCUT2D eigenvalue weighted by atomic mass is 10.2. The van der Waals surface area contributed by atoms with Crippen molar-refractivity contribution in [3.05, 3.63) is 69.0 Å². The summed E-state index contributed by atoms with van der Waals surface area (Å²) in [6.07, 6.45) is 1.85. The number of halogens is 1. The van der Waals surface area contributed by atoms with E-state index in [0.29, 0.717) is 22.3 Å². The molecule has 1 amide bonds. The van der Waals surface area contributed by atoms with E-state index in [1.807, 2.05) is 37.3 Å². The quantitative estimate of drug-likeness (QED) is 0.708. The Morgan fingerprint density at radius 2 is 1.85 bits per heavy atom. The van der Waals surface area contributed by atoms with Crippen molar-refractivity contribution in [3.8, 4) is 0 Å². The van der Waals surface area contributed by atoms with E-state index >= 15 is 0 Å². The van der Waals surface area contributed by atoms with Crippen molar-refractivity contribution in [1.29, 1.82) is 0 Å². The Labute approximate surface area is 163 Å². The summed E-state index contributed by atoms with van der Waals surface area (Å²) in [5.41, 5.74) is 1.74. The van der Waals surface area contributed by atoms with Gasteiger partial charge in [-0.25, -0.2) is 9.79 Å². The molecule has 5 nitrogen and oxygen atoms in total. The minimum atomic E-state index is -0.982. The number of carbonyl (C=O) groups is 2. The fourth-order valence-corrected chi connectivity index (χ4v) is 3.70. The number of aliphatic imine (C=N–C) groups is 1. The summed E-state index contributed by atoms with van der Waals surface area (Å²) >= 11 is 4.71. The highest BCUT2D eigenvalue weighted by atomic mass is 79.9. The largest absolute Gasteiger partial charge is 0.478 e. The number of hydrogen-bond donors (Lipinski definition) is 1. The summed E-state index contributed by atoms with van der Waals surface area (Å²) in [6, 6.07) is 14.0. The summed E-state index contributed by atoms with van der Waals surface area (Å²) < 4.78 is 0.979. The smallest absolute Gasteiger partial charge is 0.335 e. The first-order valence-corrected chi connectivity index (χ1v) is 9.48. The molecule has 0 bridgehead atoms. The molecular weight excluding hydrogens is 416 g/mol. The van der Waals surface area contributed by atoms with Gasteiger partial charge < -0.3 is 5.11 Å². The van der Waals surface area contributed by atoms with E-state index in [1.165, 1.54) is 23.9 Å². The number of rotatable bonds is 4. The maximum Gasteiger partial charge on any atom is 0.335 e. The van der Waals surface area contributed by atoms with E-state index in [0.717, 1.165) is 10.0 Å². The molecule has 0 aliphatic carbocycles. The number of hydrogen-bond acceptors (Lipinski definition) is 4. The van der Waals surface area contributed by atoms with Crippen LogP contribution in [0.4, 0.5) is 5.69 Å². The zero-order valence-electron chi connectivity index (χ0n) is 13.8. The van der Waals surface area contributed by atoms with Gasteiger partial charge in [-0.3, -0.25) is 9.69 Å². The number of aromatic carboxylic acids is 1. The molecule has 2 aromatic carbocycles. The number of amidine groups is 1. The Morgan fingerprint density at radius 3 is 2.42 bits per heavy atom. The first-order chi connectivity index (χ1) is 12.5. The highest BCUT2D eigenvalue weighted by Gasteiger charge is 2.32. The lowest BCUT2D eigenvalue weighted by Gasteiger charge is -2.12. The Bertz CT molecular complexity index is 905. The van der Waals surface area contributed by atoms with Gasteiger partial charge in [-0.15, -0.1) is 0 Å². The van der Waals surface area contributed by atoms with Gasteiger partial charge in [0.15, 0.2) is 5.17 Å². The van der Waals surface area contributed by atoms with Gasteiger partial charge in [0.25, 0.3) is 5.91 Å². The van der Waals surface area contributed by atoms with Crippen molar-refractivity contribution in [1.82, 2.24) is 4.90 Å². The molecule has 7 heteroatoms. The molecule has 1 saturated heterocycles. The molecule has 0 atom stereocenters. The van der Waals surface area contributed by atoms with Gasteiger partial charge >= 0.3 is 5.97 Å². The molecule has 0 radical (unpaired) electrons. The third kappa shape index (κ3) is 4.05. The molecule has 26 heavy (non-hydrogen) atoms. The average Bonchev–Trinajstić information content (AvgIpc) is 2.92. The van der Waals surface area contributed by atoms with Crippen molar-refractivity contribution >= 4 is 56.5 Å². The van der Waals surface area contributed by atoms with E-state index in [4.69, 9.17) is 5.11 Å². The van der Waals surface area contributed by atoms with Crippen LogP contribution in [0.15, 0.2) is 62.9 Å². The number of amides is 1. The topological polar surface area (TPSA) is 70.0 Å². The number of nitrogens with zero attached hydrogens (tertiary/aromatic N) is 2. The van der Waals surface area contributed by atoms with Crippen molar-refractivity contribution in [2.75, 3.05) is 6.54 Å². The predicted octanol–water partition coefficient (Wildman–Crippen LogP) is 4.77. The zero-order chi connectivity index (χ0) is 18.7. The maximum atomic E-state index is 12.6. The number of carboxylic acid groups (broad SMARTS) is 1. The minimum absolute atomic E-state index is 0.0821. The maximum absolute atomic E-state index is 12.6. The van der Waals surface area contributed by atoms with Crippen LogP contribution < -0.4 is 0 Å². The van der Waals surface area contributed by atoms with Gasteiger partial charge in [0.1, 0.15) is 0 Å². The number of benzene rings is 2. The lowest BCUT2D eigenvalue weighted by molar-refractivity contribution is -0.122. The first-order valence-electron chi connectivity index (χ1n) is 7.87. The second-order valence-electron chi connectivity index (χ2n) is 5.46. The highest BCUT2D eigenvalue weighted by Crippen LogP contribution is 2.34. The van der Waals surface area contributed by atoms with Crippen LogP contribution in [0, 0.1) is 0 Å². The second-order valence-corrected chi connectivity index (χ2v) is 7.38. The Hall–Kier alpha value is -2.38. The number of likely N-dealkylation sites (N-methyl/N-ethyl adjacent to an activating group) is 1. The first kappa shape index (κ1) is 18.4. The standard InChI is InChI=1S/C19H15BrN2O3S/c1-2-22-17(23)16(11-12-3-7-14(20)8-4-12)26-19(22)21-15-9-5-13(6-10-15)18(24)25/h3-11H,2H2,1H3,(H,24,25)/b16-11-,21-19?. The van der Waals surface area contributed by atoms with Crippen LogP contribution in [0.25, 0.3) is 6.08 Å². The van der Waals surface area contributed by atoms with Crippen molar-refractivity contribution in [2.45, 2.75) is 6.92 Å². The van der Waals surface area contributed by atoms with Crippen LogP contribution in [-0.2, 0) is 4.79 Å². The summed E-state index contributed by atoms with van der Waals surface area (Å²) in [4.78, 5) is 30.3. The fraction of sp³-hybridized carbons (Fsp3) is 0.105. The summed E-state index contributed by atoms with van der Waals surface area (Å²) in [5, 5.41) is 9.55. The van der Waals surface area contributed by atoms with E-state index in [2.05, 4.69) is 20.9 Å². The van der Waals surface area contributed by atoms with E-state index in [-0.39, 0.29) is 11.5 Å². The number of carbonyl (C=O) groups excluding carboxylic acids is 1. The molecule has 0 aromatic heterocycles. The van der Waals surface area contributed by atoms with Gasteiger partial charge in [0.2, 0.25) is 0 Å². The van der Waals surface area contributed by atoms with Crippen LogP contribution in [0.2, 0.25) is 0 Å². The van der Waals surface area contributed by atoms with Crippen molar-refractivity contribution < 1.29 is 14.7 Å². The van der Waals surface area contributed by atoms with Gasteiger partial charge in [-0.2, -0.15) is 0 Å². The Balaban J connectivity index is 1.89. The average molecular weight is 431 g/mol. The third-order valence-corrected chi connectivity index (χ3v) is 5.25. The molecule has 2 aromatic rings. The lowest BCUT2D eigenvalue weighted by Crippen LogP contribution is -2.28. The van der Waals surface area contributed by atoms with Crippen LogP contribution in [0.3, 0.4) is 0 Å². The molecule has 1 heterocycles. The normalized spacial score (nSPS) is 17.3. The number of thioether (sulfide) groups is 1. The molecule has 1 N–H and O–H groups in total. The molecular formula is C19H15BrN2O3S. The highest BCUT2D eigenvalue weighted by molar-refractivity contribution is 9.10. The molecule has 0 saturated carbocycles. The number of carboxylic acids is 1. The van der Waals surface area contributed by atoms with E-state index < -0.39 is 5.97 Å². The SMILES string of the molecule is CCN1C(=O)/C(=C/c2ccc(Br)cc2)SC1=Nc1ccc(C(=O)O)cc1. The van der Waals surface area contributed by atoms with Gasteiger partial charge in [0, 0.05) is 11.0 Å². The Morgan fingerprint density at radius 1 is 1.19 bits per heavy atom. The minimum Gasteiger partial charge on any atom is -0.478 e. The molecule has 1 fully saturated rings. The zero-order valence-corrected chi connectivity index (χ0v) is 16.3. The Kier molecular flexibility index (Phi) is 5.58. The molecule has 0 unspecified atom stereocenters. The summed E-state index contributed by atoms with van der Waals surface area (Å²) in [7, 11) is 0. The molecule has 3 rings (SSSR count). The van der Waals surface area contributed by atoms with Crippen molar-refractivity contribution in [2.24, 2.45) is 4.99 Å². The third-order valence-electron chi connectivity index (χ3n) is 3.71. The van der Waals surface area contributed by atoms with E-state index in [9.17, 15) is 9.59 Å². The molecule has 1 aliphatic heterocycles. The van der Waals surface area contributed by atoms with Crippen molar-refractivity contribution in [3.63, 3.8) is 0 Å². The van der Waals surface area contributed by atoms with Gasteiger partial charge in [-0.05, 0) is 66.7 Å². The monoisotopic (exact) mass is 430 g/mol. The van der Waals surface area contributed by atoms with E-state index in [1.54, 1.807) is 17.0 Å². The second kappa shape index (κ2) is 7.88. The fourth-order valence-electron chi connectivity index (χ4n) is 2.37. The molecule has 1 aliphatic rings. The van der Waals surface area contributed by atoms with Crippen LogP contribution in [-0.4, -0.2) is 33.6 Å². The van der Waals surface area contributed by atoms with Gasteiger partial charge in [0.05, 0.1) is 16.2 Å². The summed E-state index contributed by atoms with van der Waals surface area (Å²) in [5.74, 6) is -1.06. The van der Waals surface area contributed by atoms with Gasteiger partial charge in [-0.1, -0.05) is 28.1 Å². The van der Waals surface area contributed by atoms with Crippen LogP contribution >= 0.6 is 27.7 Å². The van der Waals surface area contributed by atoms with Crippen LogP contribution in [0.1, 0.15) is 22.8 Å². The predicted molar refractivity (Wildman–Crippen MR) is 108 cm³/mol. The summed E-state index contributed by atoms with van der Waals surface area (Å²) in [6.45, 7) is 2.40. The van der Waals surface area contributed by atoms with Crippen LogP contribution in [0.5, 0.6) is 0 Å².